The van der Waals surface area contributed by atoms with Crippen LogP contribution in [0.15, 0.2) is 42.9 Å². The summed E-state index contributed by atoms with van der Waals surface area (Å²) in [6.07, 6.45) is 5.43. The maximum atomic E-state index is 4.35. The maximum absolute atomic E-state index is 4.35. The van der Waals surface area contributed by atoms with E-state index in [0.29, 0.717) is 0 Å². The maximum Gasteiger partial charge on any atom is 0.225 e. The molecule has 0 saturated carbocycles. The normalized spacial score (nSPS) is 14.9. The van der Waals surface area contributed by atoms with E-state index in [2.05, 4.69) is 35.1 Å². The molecule has 0 bridgehead atoms. The van der Waals surface area contributed by atoms with Crippen LogP contribution in [-0.4, -0.2) is 56.1 Å². The molecule has 8 heteroatoms. The Bertz CT molecular complexity index is 790. The molecule has 0 unspecified atom stereocenters. The topological polar surface area (TPSA) is 75.9 Å². The number of hydrogen-bond donors (Lipinski definition) is 0. The van der Waals surface area contributed by atoms with Gasteiger partial charge in [0.1, 0.15) is 0 Å². The lowest BCUT2D eigenvalue weighted by molar-refractivity contribution is 0.630. The standard InChI is InChI=1S/C16H18N8/c1-13-5-8-24(21-13)15-4-3-14(19-20-15)22-9-11-23(12-10-22)16-17-6-2-7-18-16/h2-8H,9-12H2,1H3. The van der Waals surface area contributed by atoms with E-state index in [1.54, 1.807) is 17.1 Å². The molecule has 1 saturated heterocycles. The molecule has 1 aliphatic heterocycles. The molecule has 0 aliphatic carbocycles. The number of aryl methyl sites for hydroxylation is 1. The summed E-state index contributed by atoms with van der Waals surface area (Å²) in [5.41, 5.74) is 0.958. The molecular weight excluding hydrogens is 304 g/mol. The van der Waals surface area contributed by atoms with Gasteiger partial charge in [-0.3, -0.25) is 0 Å². The van der Waals surface area contributed by atoms with Gasteiger partial charge in [0.05, 0.1) is 5.69 Å². The minimum Gasteiger partial charge on any atom is -0.352 e. The second kappa shape index (κ2) is 6.23. The molecule has 0 radical (unpaired) electrons. The monoisotopic (exact) mass is 322 g/mol. The lowest BCUT2D eigenvalue weighted by Crippen LogP contribution is -2.47. The van der Waals surface area contributed by atoms with Crippen molar-refractivity contribution in [3.8, 4) is 5.82 Å². The van der Waals surface area contributed by atoms with Gasteiger partial charge in [-0.05, 0) is 31.2 Å². The minimum atomic E-state index is 0.725. The van der Waals surface area contributed by atoms with E-state index in [1.165, 1.54) is 0 Å². The van der Waals surface area contributed by atoms with Crippen molar-refractivity contribution < 1.29 is 0 Å². The molecule has 1 aliphatic rings. The van der Waals surface area contributed by atoms with E-state index in [1.807, 2.05) is 37.4 Å². The minimum absolute atomic E-state index is 0.725. The summed E-state index contributed by atoms with van der Waals surface area (Å²) in [5, 5.41) is 13.0. The Morgan fingerprint density at radius 2 is 1.50 bits per heavy atom. The van der Waals surface area contributed by atoms with E-state index in [0.717, 1.165) is 49.5 Å². The Hall–Kier alpha value is -3.03. The predicted molar refractivity (Wildman–Crippen MR) is 90.3 cm³/mol. The molecule has 3 aromatic rings. The van der Waals surface area contributed by atoms with Crippen LogP contribution in [0.4, 0.5) is 11.8 Å². The largest absolute Gasteiger partial charge is 0.352 e. The summed E-state index contributed by atoms with van der Waals surface area (Å²) in [6.45, 7) is 5.42. The van der Waals surface area contributed by atoms with Gasteiger partial charge in [-0.1, -0.05) is 0 Å². The number of rotatable bonds is 3. The summed E-state index contributed by atoms with van der Waals surface area (Å²) in [4.78, 5) is 13.0. The average molecular weight is 322 g/mol. The van der Waals surface area contributed by atoms with E-state index in [9.17, 15) is 0 Å². The van der Waals surface area contributed by atoms with E-state index in [4.69, 9.17) is 0 Å². The third kappa shape index (κ3) is 2.90. The Kier molecular flexibility index (Phi) is 3.78. The van der Waals surface area contributed by atoms with Crippen LogP contribution in [0.25, 0.3) is 5.82 Å². The van der Waals surface area contributed by atoms with Crippen LogP contribution < -0.4 is 9.80 Å². The highest BCUT2D eigenvalue weighted by molar-refractivity contribution is 5.42. The van der Waals surface area contributed by atoms with Crippen molar-refractivity contribution in [3.63, 3.8) is 0 Å². The third-order valence-electron chi connectivity index (χ3n) is 4.03. The van der Waals surface area contributed by atoms with Crippen LogP contribution in [0.3, 0.4) is 0 Å². The van der Waals surface area contributed by atoms with Crippen molar-refractivity contribution in [3.05, 3.63) is 48.5 Å². The molecule has 122 valence electrons. The Labute approximate surface area is 139 Å². The third-order valence-corrected chi connectivity index (χ3v) is 4.03. The first kappa shape index (κ1) is 14.6. The number of aromatic nitrogens is 6. The molecule has 8 nitrogen and oxygen atoms in total. The van der Waals surface area contributed by atoms with Crippen LogP contribution in [0.5, 0.6) is 0 Å². The molecule has 0 N–H and O–H groups in total. The van der Waals surface area contributed by atoms with Gasteiger partial charge in [-0.25, -0.2) is 14.6 Å². The van der Waals surface area contributed by atoms with Crippen molar-refractivity contribution in [2.24, 2.45) is 0 Å². The van der Waals surface area contributed by atoms with Crippen LogP contribution in [0, 0.1) is 6.92 Å². The first-order valence-electron chi connectivity index (χ1n) is 7.93. The Morgan fingerprint density at radius 1 is 0.833 bits per heavy atom. The smallest absolute Gasteiger partial charge is 0.225 e. The Morgan fingerprint density at radius 3 is 2.12 bits per heavy atom. The second-order valence-corrected chi connectivity index (χ2v) is 5.67. The van der Waals surface area contributed by atoms with Crippen LogP contribution >= 0.6 is 0 Å². The van der Waals surface area contributed by atoms with Gasteiger partial charge < -0.3 is 9.80 Å². The van der Waals surface area contributed by atoms with Gasteiger partial charge in [-0.2, -0.15) is 5.10 Å². The van der Waals surface area contributed by atoms with Crippen molar-refractivity contribution in [1.82, 2.24) is 29.9 Å². The van der Waals surface area contributed by atoms with Gasteiger partial charge in [0.2, 0.25) is 5.95 Å². The molecular formula is C16H18N8. The van der Waals surface area contributed by atoms with Crippen molar-refractivity contribution in [2.45, 2.75) is 6.92 Å². The number of anilines is 2. The molecule has 0 spiro atoms. The number of nitrogens with zero attached hydrogens (tertiary/aromatic N) is 8. The second-order valence-electron chi connectivity index (χ2n) is 5.67. The van der Waals surface area contributed by atoms with Crippen molar-refractivity contribution in [2.75, 3.05) is 36.0 Å². The highest BCUT2D eigenvalue weighted by Gasteiger charge is 2.20. The first-order chi connectivity index (χ1) is 11.8. The fourth-order valence-electron chi connectivity index (χ4n) is 2.74. The average Bonchev–Trinajstić information content (AvgIpc) is 3.09. The van der Waals surface area contributed by atoms with Crippen LogP contribution in [-0.2, 0) is 0 Å². The summed E-state index contributed by atoms with van der Waals surface area (Å²) >= 11 is 0. The van der Waals surface area contributed by atoms with Gasteiger partial charge in [-0.15, -0.1) is 10.2 Å². The Balaban J connectivity index is 1.42. The zero-order chi connectivity index (χ0) is 16.4. The molecule has 0 amide bonds. The zero-order valence-corrected chi connectivity index (χ0v) is 13.4. The predicted octanol–water partition coefficient (Wildman–Crippen LogP) is 1.09. The molecule has 4 heterocycles. The molecule has 1 fully saturated rings. The van der Waals surface area contributed by atoms with E-state index < -0.39 is 0 Å². The zero-order valence-electron chi connectivity index (χ0n) is 13.4. The van der Waals surface area contributed by atoms with Crippen LogP contribution in [0.2, 0.25) is 0 Å². The highest BCUT2D eigenvalue weighted by atomic mass is 15.4. The fourth-order valence-corrected chi connectivity index (χ4v) is 2.74. The number of piperazine rings is 1. The molecule has 0 atom stereocenters. The lowest BCUT2D eigenvalue weighted by Gasteiger charge is -2.35. The molecule has 0 aromatic carbocycles. The first-order valence-corrected chi connectivity index (χ1v) is 7.93. The molecule has 3 aromatic heterocycles. The summed E-state index contributed by atoms with van der Waals surface area (Å²) < 4.78 is 1.73. The lowest BCUT2D eigenvalue weighted by atomic mass is 10.3. The fraction of sp³-hybridized carbons (Fsp3) is 0.312. The molecule has 24 heavy (non-hydrogen) atoms. The quantitative estimate of drug-likeness (QED) is 0.714. The summed E-state index contributed by atoms with van der Waals surface area (Å²) in [5.74, 6) is 2.40. The van der Waals surface area contributed by atoms with Gasteiger partial charge in [0.15, 0.2) is 11.6 Å². The number of hydrogen-bond acceptors (Lipinski definition) is 7. The SMILES string of the molecule is Cc1ccn(-c2ccc(N3CCN(c4ncccn4)CC3)nn2)n1. The van der Waals surface area contributed by atoms with Gasteiger partial charge in [0, 0.05) is 44.8 Å². The van der Waals surface area contributed by atoms with Gasteiger partial charge in [0.25, 0.3) is 0 Å². The van der Waals surface area contributed by atoms with Crippen LogP contribution in [0.1, 0.15) is 5.69 Å². The summed E-state index contributed by atoms with van der Waals surface area (Å²) in [7, 11) is 0. The van der Waals surface area contributed by atoms with Crippen molar-refractivity contribution in [1.29, 1.82) is 0 Å². The summed E-state index contributed by atoms with van der Waals surface area (Å²) in [6, 6.07) is 7.72. The highest BCUT2D eigenvalue weighted by Crippen LogP contribution is 2.16. The van der Waals surface area contributed by atoms with Crippen molar-refractivity contribution >= 4 is 11.8 Å². The van der Waals surface area contributed by atoms with E-state index in [-0.39, 0.29) is 0 Å². The van der Waals surface area contributed by atoms with E-state index >= 15 is 0 Å². The van der Waals surface area contributed by atoms with Gasteiger partial charge >= 0.3 is 0 Å². The molecule has 4 rings (SSSR count).